The number of esters is 1. The normalized spacial score (nSPS) is 31.2. The van der Waals surface area contributed by atoms with Gasteiger partial charge in [0.2, 0.25) is 10.0 Å². The van der Waals surface area contributed by atoms with Crippen molar-refractivity contribution in [2.45, 2.75) is 24.3 Å². The second kappa shape index (κ2) is 5.57. The number of carbonyl (C=O) groups excluding carboxylic acids is 1. The van der Waals surface area contributed by atoms with E-state index in [1.54, 1.807) is 0 Å². The number of aromatic nitrogens is 3. The Hall–Kier alpha value is -1.56. The quantitative estimate of drug-likeness (QED) is 0.649. The van der Waals surface area contributed by atoms with E-state index in [2.05, 4.69) is 19.8 Å². The van der Waals surface area contributed by atoms with Gasteiger partial charge in [-0.2, -0.15) is 0 Å². The van der Waals surface area contributed by atoms with E-state index in [-0.39, 0.29) is 24.4 Å². The van der Waals surface area contributed by atoms with E-state index in [0.29, 0.717) is 6.61 Å². The highest BCUT2D eigenvalue weighted by molar-refractivity contribution is 7.88. The Labute approximate surface area is 126 Å². The van der Waals surface area contributed by atoms with Gasteiger partial charge in [0.25, 0.3) is 0 Å². The molecule has 0 spiro atoms. The van der Waals surface area contributed by atoms with Gasteiger partial charge >= 0.3 is 5.97 Å². The topological polar surface area (TPSA) is 122 Å². The lowest BCUT2D eigenvalue weighted by Crippen LogP contribution is -2.43. The Morgan fingerprint density at radius 3 is 2.82 bits per heavy atom. The summed E-state index contributed by atoms with van der Waals surface area (Å²) >= 11 is 0. The van der Waals surface area contributed by atoms with Crippen LogP contribution in [0.4, 0.5) is 0 Å². The third-order valence-electron chi connectivity index (χ3n) is 3.64. The molecule has 2 aliphatic rings. The van der Waals surface area contributed by atoms with E-state index in [4.69, 9.17) is 9.47 Å². The molecule has 4 atom stereocenters. The molecule has 0 aromatic carbocycles. The molecule has 2 saturated heterocycles. The molecule has 11 heteroatoms. The molecule has 3 heterocycles. The van der Waals surface area contributed by atoms with E-state index in [1.807, 2.05) is 0 Å². The van der Waals surface area contributed by atoms with Crippen molar-refractivity contribution in [2.75, 3.05) is 26.6 Å². The number of fused-ring (bicyclic) bond motifs is 1. The summed E-state index contributed by atoms with van der Waals surface area (Å²) in [4.78, 5) is 11.4. The maximum absolute atomic E-state index is 11.4. The maximum atomic E-state index is 11.4. The van der Waals surface area contributed by atoms with Gasteiger partial charge in [-0.05, 0) is 0 Å². The molecule has 0 radical (unpaired) electrons. The first kappa shape index (κ1) is 15.3. The van der Waals surface area contributed by atoms with Crippen molar-refractivity contribution in [1.29, 1.82) is 0 Å². The molecule has 0 saturated carbocycles. The summed E-state index contributed by atoms with van der Waals surface area (Å²) in [5.41, 5.74) is 0.0924. The van der Waals surface area contributed by atoms with Gasteiger partial charge in [-0.3, -0.25) is 0 Å². The molecule has 1 aromatic heterocycles. The van der Waals surface area contributed by atoms with Crippen LogP contribution in [0.5, 0.6) is 0 Å². The molecule has 1 aromatic rings. The largest absolute Gasteiger partial charge is 0.464 e. The highest BCUT2D eigenvalue weighted by Gasteiger charge is 2.49. The van der Waals surface area contributed by atoms with Crippen molar-refractivity contribution in [3.05, 3.63) is 11.9 Å². The first-order chi connectivity index (χ1) is 10.4. The zero-order valence-electron chi connectivity index (χ0n) is 12.0. The van der Waals surface area contributed by atoms with E-state index in [9.17, 15) is 13.2 Å². The average Bonchev–Trinajstić information content (AvgIpc) is 3.13. The Morgan fingerprint density at radius 2 is 2.14 bits per heavy atom. The summed E-state index contributed by atoms with van der Waals surface area (Å²) in [7, 11) is -2.08. The minimum atomic E-state index is -3.34. The van der Waals surface area contributed by atoms with Crippen LogP contribution in [0.3, 0.4) is 0 Å². The summed E-state index contributed by atoms with van der Waals surface area (Å²) in [5, 5.41) is 7.63. The summed E-state index contributed by atoms with van der Waals surface area (Å²) in [5.74, 6) is -0.578. The summed E-state index contributed by atoms with van der Waals surface area (Å²) in [6, 6.07) is -0.712. The minimum absolute atomic E-state index is 0.0924. The zero-order valence-corrected chi connectivity index (χ0v) is 12.8. The predicted octanol–water partition coefficient (Wildman–Crippen LogP) is -1.68. The number of carbonyl (C=O) groups is 1. The van der Waals surface area contributed by atoms with Gasteiger partial charge in [0.05, 0.1) is 38.8 Å². The van der Waals surface area contributed by atoms with Crippen LogP contribution in [0.1, 0.15) is 16.5 Å². The molecule has 22 heavy (non-hydrogen) atoms. The van der Waals surface area contributed by atoms with Gasteiger partial charge in [0.1, 0.15) is 18.2 Å². The van der Waals surface area contributed by atoms with Crippen molar-refractivity contribution >= 4 is 16.0 Å². The van der Waals surface area contributed by atoms with Gasteiger partial charge in [0, 0.05) is 0 Å². The van der Waals surface area contributed by atoms with Gasteiger partial charge in [0.15, 0.2) is 5.69 Å². The predicted molar refractivity (Wildman–Crippen MR) is 71.6 cm³/mol. The lowest BCUT2D eigenvalue weighted by molar-refractivity contribution is 0.0592. The van der Waals surface area contributed by atoms with Crippen LogP contribution in [-0.2, 0) is 24.2 Å². The monoisotopic (exact) mass is 332 g/mol. The van der Waals surface area contributed by atoms with Crippen LogP contribution in [0.25, 0.3) is 0 Å². The molecule has 2 aliphatic heterocycles. The van der Waals surface area contributed by atoms with E-state index >= 15 is 0 Å². The van der Waals surface area contributed by atoms with E-state index in [0.717, 1.165) is 6.26 Å². The number of hydrogen-bond donors (Lipinski definition) is 1. The summed E-state index contributed by atoms with van der Waals surface area (Å²) in [6.45, 7) is 0.513. The van der Waals surface area contributed by atoms with Crippen LogP contribution >= 0.6 is 0 Å². The lowest BCUT2D eigenvalue weighted by Gasteiger charge is -2.16. The molecule has 0 unspecified atom stereocenters. The fourth-order valence-corrected chi connectivity index (χ4v) is 3.47. The molecule has 10 nitrogen and oxygen atoms in total. The lowest BCUT2D eigenvalue weighted by atomic mass is 10.1. The van der Waals surface area contributed by atoms with Gasteiger partial charge in [-0.25, -0.2) is 22.6 Å². The smallest absolute Gasteiger partial charge is 0.360 e. The summed E-state index contributed by atoms with van der Waals surface area (Å²) < 4.78 is 42.5. The Kier molecular flexibility index (Phi) is 3.89. The highest BCUT2D eigenvalue weighted by Crippen LogP contribution is 2.34. The third-order valence-corrected chi connectivity index (χ3v) is 4.37. The number of ether oxygens (including phenoxy) is 3. The SMILES string of the molecule is COC(=O)c1cn([C@H]2CO[C@H]3[C@@H]2OC[C@@H]3NS(C)(=O)=O)nn1. The van der Waals surface area contributed by atoms with E-state index < -0.39 is 28.1 Å². The molecule has 122 valence electrons. The van der Waals surface area contributed by atoms with Crippen LogP contribution < -0.4 is 4.72 Å². The standard InChI is InChI=1S/C11H16N4O6S/c1-19-11(16)6-3-15(14-12-6)8-5-21-9-7(4-20-10(8)9)13-22(2,17)18/h3,7-10,13H,4-5H2,1-2H3/t7-,8-,9+,10+/m0/s1. The first-order valence-electron chi connectivity index (χ1n) is 6.59. The molecule has 1 N–H and O–H groups in total. The first-order valence-corrected chi connectivity index (χ1v) is 8.49. The molecule has 0 aliphatic carbocycles. The van der Waals surface area contributed by atoms with Crippen LogP contribution in [0, 0.1) is 0 Å². The fourth-order valence-electron chi connectivity index (χ4n) is 2.72. The molecular formula is C11H16N4O6S. The van der Waals surface area contributed by atoms with Gasteiger partial charge in [-0.15, -0.1) is 5.10 Å². The van der Waals surface area contributed by atoms with Crippen molar-refractivity contribution in [3.8, 4) is 0 Å². The van der Waals surface area contributed by atoms with Crippen LogP contribution in [0.15, 0.2) is 6.20 Å². The molecule has 0 amide bonds. The molecule has 0 bridgehead atoms. The van der Waals surface area contributed by atoms with Crippen molar-refractivity contribution < 1.29 is 27.4 Å². The van der Waals surface area contributed by atoms with Gasteiger partial charge < -0.3 is 14.2 Å². The number of nitrogens with zero attached hydrogens (tertiary/aromatic N) is 3. The Balaban J connectivity index is 1.73. The molecular weight excluding hydrogens is 316 g/mol. The average molecular weight is 332 g/mol. The Bertz CT molecular complexity index is 674. The van der Waals surface area contributed by atoms with Crippen molar-refractivity contribution in [2.24, 2.45) is 0 Å². The number of rotatable bonds is 4. The fraction of sp³-hybridized carbons (Fsp3) is 0.727. The Morgan fingerprint density at radius 1 is 1.41 bits per heavy atom. The molecule has 2 fully saturated rings. The number of sulfonamides is 1. The second-order valence-corrected chi connectivity index (χ2v) is 7.02. The number of hydrogen-bond acceptors (Lipinski definition) is 8. The maximum Gasteiger partial charge on any atom is 0.360 e. The van der Waals surface area contributed by atoms with Crippen molar-refractivity contribution in [1.82, 2.24) is 19.7 Å². The zero-order chi connectivity index (χ0) is 15.9. The molecule has 3 rings (SSSR count). The minimum Gasteiger partial charge on any atom is -0.464 e. The highest BCUT2D eigenvalue weighted by atomic mass is 32.2. The third kappa shape index (κ3) is 2.84. The number of nitrogens with one attached hydrogen (secondary N) is 1. The second-order valence-electron chi connectivity index (χ2n) is 5.24. The van der Waals surface area contributed by atoms with Crippen molar-refractivity contribution in [3.63, 3.8) is 0 Å². The van der Waals surface area contributed by atoms with Crippen LogP contribution in [0.2, 0.25) is 0 Å². The number of methoxy groups -OCH3 is 1. The van der Waals surface area contributed by atoms with Gasteiger partial charge in [-0.1, -0.05) is 5.21 Å². The van der Waals surface area contributed by atoms with Crippen LogP contribution in [-0.4, -0.2) is 74.2 Å². The van der Waals surface area contributed by atoms with E-state index in [1.165, 1.54) is 18.0 Å². The summed E-state index contributed by atoms with van der Waals surface area (Å²) in [6.07, 6.45) is 1.80.